The lowest BCUT2D eigenvalue weighted by molar-refractivity contribution is -0.116. The quantitative estimate of drug-likeness (QED) is 0.842. The molecule has 2 rings (SSSR count). The van der Waals surface area contributed by atoms with Crippen molar-refractivity contribution in [1.29, 1.82) is 0 Å². The van der Waals surface area contributed by atoms with Crippen LogP contribution in [-0.2, 0) is 11.3 Å². The number of carbonyl (C=O) groups excluding carboxylic acids is 1. The molecule has 8 heteroatoms. The van der Waals surface area contributed by atoms with Crippen molar-refractivity contribution in [2.24, 2.45) is 0 Å². The summed E-state index contributed by atoms with van der Waals surface area (Å²) >= 11 is 8.98. The smallest absolute Gasteiger partial charge is 0.246 e. The minimum atomic E-state index is -0.228. The van der Waals surface area contributed by atoms with E-state index in [-0.39, 0.29) is 12.5 Å². The second-order valence-electron chi connectivity index (χ2n) is 3.48. The Morgan fingerprint density at radius 1 is 1.61 bits per heavy atom. The Labute approximate surface area is 116 Å². The molecule has 0 saturated heterocycles. The van der Waals surface area contributed by atoms with Gasteiger partial charge in [-0.2, -0.15) is 5.10 Å². The second-order valence-corrected chi connectivity index (χ2v) is 4.70. The Morgan fingerprint density at radius 3 is 3.00 bits per heavy atom. The molecule has 0 fully saturated rings. The highest BCUT2D eigenvalue weighted by Crippen LogP contribution is 2.22. The molecule has 0 aromatic carbocycles. The van der Waals surface area contributed by atoms with E-state index in [1.54, 1.807) is 18.3 Å². The van der Waals surface area contributed by atoms with Crippen LogP contribution in [0.2, 0.25) is 5.15 Å². The van der Waals surface area contributed by atoms with E-state index in [1.165, 1.54) is 10.9 Å². The van der Waals surface area contributed by atoms with Gasteiger partial charge in [-0.1, -0.05) is 11.6 Å². The molecule has 94 valence electrons. The van der Waals surface area contributed by atoms with E-state index in [4.69, 9.17) is 17.3 Å². The van der Waals surface area contributed by atoms with Crippen molar-refractivity contribution in [1.82, 2.24) is 14.8 Å². The summed E-state index contributed by atoms with van der Waals surface area (Å²) in [6, 6.07) is 3.29. The van der Waals surface area contributed by atoms with Crippen LogP contribution in [0.5, 0.6) is 0 Å². The molecule has 0 atom stereocenters. The molecular formula is C10H9BrClN5O. The molecule has 0 radical (unpaired) electrons. The van der Waals surface area contributed by atoms with Crippen LogP contribution in [0.4, 0.5) is 11.5 Å². The van der Waals surface area contributed by atoms with Crippen molar-refractivity contribution >= 4 is 44.9 Å². The molecule has 0 aliphatic heterocycles. The summed E-state index contributed by atoms with van der Waals surface area (Å²) in [5, 5.41) is 6.93. The maximum atomic E-state index is 11.7. The number of hydrogen-bond donors (Lipinski definition) is 2. The van der Waals surface area contributed by atoms with Gasteiger partial charge in [-0.25, -0.2) is 4.98 Å². The van der Waals surface area contributed by atoms with Crippen LogP contribution < -0.4 is 11.1 Å². The summed E-state index contributed by atoms with van der Waals surface area (Å²) < 4.78 is 2.06. The van der Waals surface area contributed by atoms with Crippen LogP contribution >= 0.6 is 27.5 Å². The van der Waals surface area contributed by atoms with Crippen molar-refractivity contribution < 1.29 is 4.79 Å². The number of nitrogens with zero attached hydrogens (tertiary/aromatic N) is 3. The molecule has 0 unspecified atom stereocenters. The molecule has 0 spiro atoms. The maximum absolute atomic E-state index is 11.7. The molecule has 1 amide bonds. The Hall–Kier alpha value is -1.60. The third-order valence-corrected chi connectivity index (χ3v) is 3.18. The predicted octanol–water partition coefficient (Wildman–Crippen LogP) is 1.91. The average Bonchev–Trinajstić information content (AvgIpc) is 2.69. The predicted molar refractivity (Wildman–Crippen MR) is 72.2 cm³/mol. The van der Waals surface area contributed by atoms with E-state index in [1.807, 2.05) is 0 Å². The van der Waals surface area contributed by atoms with E-state index in [9.17, 15) is 4.79 Å². The van der Waals surface area contributed by atoms with Gasteiger partial charge in [0.25, 0.3) is 0 Å². The van der Waals surface area contributed by atoms with E-state index in [2.05, 4.69) is 31.3 Å². The number of rotatable bonds is 3. The summed E-state index contributed by atoms with van der Waals surface area (Å²) in [4.78, 5) is 15.6. The van der Waals surface area contributed by atoms with Crippen LogP contribution in [0, 0.1) is 0 Å². The number of nitrogens with two attached hydrogens (primary N) is 1. The number of pyridine rings is 1. The van der Waals surface area contributed by atoms with Crippen LogP contribution in [0.1, 0.15) is 0 Å². The lowest BCUT2D eigenvalue weighted by atomic mass is 10.4. The maximum Gasteiger partial charge on any atom is 0.246 e. The fourth-order valence-electron chi connectivity index (χ4n) is 1.30. The number of nitrogens with one attached hydrogen (secondary N) is 1. The van der Waals surface area contributed by atoms with Crippen molar-refractivity contribution in [3.8, 4) is 0 Å². The molecule has 0 aliphatic rings. The number of aromatic nitrogens is 3. The number of amides is 1. The summed E-state index contributed by atoms with van der Waals surface area (Å²) in [5.74, 6) is 0.146. The van der Waals surface area contributed by atoms with Crippen molar-refractivity contribution in [2.45, 2.75) is 6.54 Å². The third-order valence-electron chi connectivity index (χ3n) is 2.05. The van der Waals surface area contributed by atoms with Gasteiger partial charge < -0.3 is 11.1 Å². The zero-order chi connectivity index (χ0) is 13.1. The Kier molecular flexibility index (Phi) is 3.83. The largest absolute Gasteiger partial charge is 0.382 e. The van der Waals surface area contributed by atoms with Crippen LogP contribution in [0.3, 0.4) is 0 Å². The summed E-state index contributed by atoms with van der Waals surface area (Å²) in [7, 11) is 0. The lowest BCUT2D eigenvalue weighted by Crippen LogP contribution is -2.19. The molecule has 0 aliphatic carbocycles. The minimum absolute atomic E-state index is 0.0808. The monoisotopic (exact) mass is 329 g/mol. The first-order valence-electron chi connectivity index (χ1n) is 4.94. The standard InChI is InChI=1S/C10H9BrClN5O/c11-7-3-6(4-14-10(7)12)15-9(18)5-17-2-1-8(13)16-17/h1-4H,5H2,(H2,13,16)(H,15,18). The number of carbonyl (C=O) groups is 1. The summed E-state index contributed by atoms with van der Waals surface area (Å²) in [5.41, 5.74) is 6.00. The van der Waals surface area contributed by atoms with E-state index < -0.39 is 0 Å². The number of anilines is 2. The van der Waals surface area contributed by atoms with Crippen molar-refractivity contribution in [2.75, 3.05) is 11.1 Å². The van der Waals surface area contributed by atoms with Gasteiger partial charge in [0.15, 0.2) is 0 Å². The lowest BCUT2D eigenvalue weighted by Gasteiger charge is -2.05. The first-order valence-corrected chi connectivity index (χ1v) is 6.11. The van der Waals surface area contributed by atoms with Gasteiger partial charge in [0.2, 0.25) is 5.91 Å². The molecule has 3 N–H and O–H groups in total. The van der Waals surface area contributed by atoms with E-state index in [0.717, 1.165) is 0 Å². The molecule has 0 saturated carbocycles. The Balaban J connectivity index is 2.00. The van der Waals surface area contributed by atoms with Gasteiger partial charge in [-0.15, -0.1) is 0 Å². The summed E-state index contributed by atoms with van der Waals surface area (Å²) in [6.07, 6.45) is 3.10. The van der Waals surface area contributed by atoms with E-state index >= 15 is 0 Å². The van der Waals surface area contributed by atoms with E-state index in [0.29, 0.717) is 21.1 Å². The first kappa shape index (κ1) is 12.8. The third kappa shape index (κ3) is 3.21. The van der Waals surface area contributed by atoms with Crippen LogP contribution in [0.25, 0.3) is 0 Å². The second kappa shape index (κ2) is 5.36. The zero-order valence-electron chi connectivity index (χ0n) is 9.10. The molecule has 0 bridgehead atoms. The molecule has 2 aromatic rings. The van der Waals surface area contributed by atoms with Gasteiger partial charge in [0, 0.05) is 6.20 Å². The fourth-order valence-corrected chi connectivity index (χ4v) is 1.76. The van der Waals surface area contributed by atoms with Crippen LogP contribution in [-0.4, -0.2) is 20.7 Å². The highest BCUT2D eigenvalue weighted by Gasteiger charge is 2.06. The van der Waals surface area contributed by atoms with Crippen molar-refractivity contribution in [3.05, 3.63) is 34.2 Å². The minimum Gasteiger partial charge on any atom is -0.382 e. The molecule has 2 heterocycles. The Morgan fingerprint density at radius 2 is 2.39 bits per heavy atom. The molecule has 6 nitrogen and oxygen atoms in total. The van der Waals surface area contributed by atoms with Crippen molar-refractivity contribution in [3.63, 3.8) is 0 Å². The summed E-state index contributed by atoms with van der Waals surface area (Å²) in [6.45, 7) is 0.0808. The SMILES string of the molecule is Nc1ccn(CC(=O)Nc2cnc(Cl)c(Br)c2)n1. The number of hydrogen-bond acceptors (Lipinski definition) is 4. The zero-order valence-corrected chi connectivity index (χ0v) is 11.4. The first-order chi connectivity index (χ1) is 8.54. The van der Waals surface area contributed by atoms with Gasteiger partial charge in [-0.05, 0) is 28.1 Å². The normalized spacial score (nSPS) is 10.3. The molecular weight excluding hydrogens is 322 g/mol. The van der Waals surface area contributed by atoms with Gasteiger partial charge >= 0.3 is 0 Å². The fraction of sp³-hybridized carbons (Fsp3) is 0.100. The van der Waals surface area contributed by atoms with Crippen LogP contribution in [0.15, 0.2) is 29.0 Å². The number of halogens is 2. The van der Waals surface area contributed by atoms with Gasteiger partial charge in [-0.3, -0.25) is 9.48 Å². The topological polar surface area (TPSA) is 85.8 Å². The number of nitrogen functional groups attached to an aromatic ring is 1. The average molecular weight is 331 g/mol. The van der Waals surface area contributed by atoms with Gasteiger partial charge in [0.05, 0.1) is 16.4 Å². The Bertz CT molecular complexity index is 585. The van der Waals surface area contributed by atoms with Gasteiger partial charge in [0.1, 0.15) is 17.5 Å². The molecule has 18 heavy (non-hydrogen) atoms. The highest BCUT2D eigenvalue weighted by atomic mass is 79.9. The highest BCUT2D eigenvalue weighted by molar-refractivity contribution is 9.10. The molecule has 2 aromatic heterocycles.